The van der Waals surface area contributed by atoms with E-state index in [1.807, 2.05) is 0 Å². The molecule has 44 heavy (non-hydrogen) atoms. The Labute approximate surface area is 258 Å². The third kappa shape index (κ3) is 4.53. The van der Waals surface area contributed by atoms with E-state index in [0.29, 0.717) is 0 Å². The van der Waals surface area contributed by atoms with Crippen LogP contribution in [0.2, 0.25) is 0 Å². The van der Waals surface area contributed by atoms with Gasteiger partial charge < -0.3 is 9.47 Å². The average molecular weight is 565 g/mol. The first-order chi connectivity index (χ1) is 21.7. The average Bonchev–Trinajstić information content (AvgIpc) is 3.43. The molecule has 7 aromatic rings. The molecule has 1 aliphatic rings. The van der Waals surface area contributed by atoms with Gasteiger partial charge in [0.15, 0.2) is 0 Å². The Kier molecular flexibility index (Phi) is 6.46. The number of hydrogen-bond donors (Lipinski definition) is 0. The monoisotopic (exact) mass is 564 g/mol. The quantitative estimate of drug-likeness (QED) is 0.202. The summed E-state index contributed by atoms with van der Waals surface area (Å²) in [6.07, 6.45) is 6.65. The highest BCUT2D eigenvalue weighted by molar-refractivity contribution is 6.10. The van der Waals surface area contributed by atoms with Crippen LogP contribution in [0.5, 0.6) is 0 Å². The zero-order valence-electron chi connectivity index (χ0n) is 24.6. The molecule has 0 radical (unpaired) electrons. The molecule has 6 aromatic carbocycles. The van der Waals surface area contributed by atoms with Gasteiger partial charge in [0.25, 0.3) is 0 Å². The van der Waals surface area contributed by atoms with E-state index in [1.165, 1.54) is 61.0 Å². The second-order valence-electron chi connectivity index (χ2n) is 11.5. The Morgan fingerprint density at radius 2 is 1.07 bits per heavy atom. The first kappa shape index (κ1) is 26.1. The Balaban J connectivity index is 1.19. The molecule has 210 valence electrons. The molecule has 1 atom stereocenters. The second kappa shape index (κ2) is 10.9. The Hall–Kier alpha value is -5.60. The summed E-state index contributed by atoms with van der Waals surface area (Å²) in [7, 11) is 0. The summed E-state index contributed by atoms with van der Waals surface area (Å²) in [4.78, 5) is 2.41. The normalized spacial score (nSPS) is 14.7. The van der Waals surface area contributed by atoms with Crippen LogP contribution in [0.3, 0.4) is 0 Å². The van der Waals surface area contributed by atoms with Crippen LogP contribution in [0.25, 0.3) is 55.4 Å². The van der Waals surface area contributed by atoms with Gasteiger partial charge >= 0.3 is 0 Å². The van der Waals surface area contributed by atoms with Crippen molar-refractivity contribution in [3.05, 3.63) is 175 Å². The van der Waals surface area contributed by atoms with Crippen LogP contribution in [0.1, 0.15) is 12.5 Å². The third-order valence-electron chi connectivity index (χ3n) is 8.74. The number of benzene rings is 6. The third-order valence-corrected chi connectivity index (χ3v) is 8.74. The van der Waals surface area contributed by atoms with E-state index in [0.717, 1.165) is 5.69 Å². The van der Waals surface area contributed by atoms with E-state index in [1.54, 1.807) is 0 Å². The minimum atomic E-state index is 0.272. The lowest BCUT2D eigenvalue weighted by molar-refractivity contribution is 0.862. The van der Waals surface area contributed by atoms with Crippen molar-refractivity contribution >= 4 is 33.2 Å². The number of anilines is 1. The standard InChI is InChI=1S/C42H32N2/c1-30-12-10-21-40(43(30)36-17-6-3-7-18-36)35-16-11-15-33(28-35)32-22-25-37(26-23-32)44-41-20-9-8-19-38(41)39-27-24-34(29-42(39)44)31-13-4-2-5-14-31/h2-30H,1H3. The minimum absolute atomic E-state index is 0.272. The lowest BCUT2D eigenvalue weighted by Gasteiger charge is -2.34. The van der Waals surface area contributed by atoms with Gasteiger partial charge in [-0.3, -0.25) is 0 Å². The number of aromatic nitrogens is 1. The van der Waals surface area contributed by atoms with Gasteiger partial charge in [-0.25, -0.2) is 0 Å². The van der Waals surface area contributed by atoms with Crippen molar-refractivity contribution in [2.75, 3.05) is 4.90 Å². The number of para-hydroxylation sites is 2. The molecule has 8 rings (SSSR count). The van der Waals surface area contributed by atoms with Crippen molar-refractivity contribution in [1.29, 1.82) is 0 Å². The maximum Gasteiger partial charge on any atom is 0.0547 e. The van der Waals surface area contributed by atoms with Crippen molar-refractivity contribution in [2.45, 2.75) is 13.0 Å². The summed E-state index contributed by atoms with van der Waals surface area (Å²) in [5, 5.41) is 2.54. The molecule has 2 nitrogen and oxygen atoms in total. The summed E-state index contributed by atoms with van der Waals surface area (Å²) in [5.41, 5.74) is 12.1. The van der Waals surface area contributed by atoms with Gasteiger partial charge in [0.1, 0.15) is 0 Å². The van der Waals surface area contributed by atoms with Crippen LogP contribution in [0, 0.1) is 0 Å². The number of hydrogen-bond acceptors (Lipinski definition) is 1. The molecule has 0 bridgehead atoms. The molecule has 1 aromatic heterocycles. The maximum absolute atomic E-state index is 2.41. The topological polar surface area (TPSA) is 8.17 Å². The Morgan fingerprint density at radius 1 is 0.455 bits per heavy atom. The molecule has 0 spiro atoms. The number of fused-ring (bicyclic) bond motifs is 3. The van der Waals surface area contributed by atoms with Crippen molar-refractivity contribution < 1.29 is 0 Å². The highest BCUT2D eigenvalue weighted by Crippen LogP contribution is 2.36. The first-order valence-corrected chi connectivity index (χ1v) is 15.3. The predicted molar refractivity (Wildman–Crippen MR) is 187 cm³/mol. The fraction of sp³-hybridized carbons (Fsp3) is 0.0476. The lowest BCUT2D eigenvalue weighted by Crippen LogP contribution is -2.31. The number of allylic oxidation sites excluding steroid dienone is 2. The molecule has 2 heteroatoms. The summed E-state index contributed by atoms with van der Waals surface area (Å²) in [6, 6.07) is 55.0. The first-order valence-electron chi connectivity index (χ1n) is 15.3. The number of rotatable bonds is 5. The van der Waals surface area contributed by atoms with E-state index >= 15 is 0 Å². The fourth-order valence-electron chi connectivity index (χ4n) is 6.61. The van der Waals surface area contributed by atoms with Crippen LogP contribution < -0.4 is 4.90 Å². The zero-order chi connectivity index (χ0) is 29.5. The van der Waals surface area contributed by atoms with Crippen molar-refractivity contribution in [1.82, 2.24) is 4.57 Å². The highest BCUT2D eigenvalue weighted by Gasteiger charge is 2.21. The van der Waals surface area contributed by atoms with Crippen molar-refractivity contribution in [3.63, 3.8) is 0 Å². The van der Waals surface area contributed by atoms with Crippen LogP contribution in [0.15, 0.2) is 170 Å². The molecule has 1 unspecified atom stereocenters. The van der Waals surface area contributed by atoms with E-state index in [4.69, 9.17) is 0 Å². The van der Waals surface area contributed by atoms with E-state index < -0.39 is 0 Å². The maximum atomic E-state index is 2.41. The zero-order valence-corrected chi connectivity index (χ0v) is 24.6. The van der Waals surface area contributed by atoms with Crippen LogP contribution in [0.4, 0.5) is 5.69 Å². The van der Waals surface area contributed by atoms with E-state index in [9.17, 15) is 0 Å². The van der Waals surface area contributed by atoms with Gasteiger partial charge in [0, 0.05) is 33.9 Å². The predicted octanol–water partition coefficient (Wildman–Crippen LogP) is 10.9. The second-order valence-corrected chi connectivity index (χ2v) is 11.5. The summed E-state index contributed by atoms with van der Waals surface area (Å²) in [6.45, 7) is 2.25. The molecule has 0 N–H and O–H groups in total. The molecular weight excluding hydrogens is 532 g/mol. The van der Waals surface area contributed by atoms with Gasteiger partial charge in [0.2, 0.25) is 0 Å². The van der Waals surface area contributed by atoms with Gasteiger partial charge in [0.05, 0.1) is 11.0 Å². The van der Waals surface area contributed by atoms with Crippen LogP contribution >= 0.6 is 0 Å². The van der Waals surface area contributed by atoms with E-state index in [-0.39, 0.29) is 6.04 Å². The van der Waals surface area contributed by atoms with E-state index in [2.05, 4.69) is 186 Å². The molecule has 0 saturated heterocycles. The Morgan fingerprint density at radius 3 is 1.89 bits per heavy atom. The van der Waals surface area contributed by atoms with Gasteiger partial charge in [-0.15, -0.1) is 0 Å². The molecule has 0 saturated carbocycles. The minimum Gasteiger partial charge on any atom is -0.334 e. The van der Waals surface area contributed by atoms with Gasteiger partial charge in [-0.05, 0) is 83.3 Å². The summed E-state index contributed by atoms with van der Waals surface area (Å²) in [5.74, 6) is 0. The van der Waals surface area contributed by atoms with Crippen LogP contribution in [-0.4, -0.2) is 10.6 Å². The van der Waals surface area contributed by atoms with Gasteiger partial charge in [-0.2, -0.15) is 0 Å². The molecule has 0 aliphatic carbocycles. The van der Waals surface area contributed by atoms with Crippen molar-refractivity contribution in [3.8, 4) is 27.9 Å². The largest absolute Gasteiger partial charge is 0.334 e. The SMILES string of the molecule is CC1C=CC=C(c2cccc(-c3ccc(-n4c5ccccc5c5ccc(-c6ccccc6)cc54)cc3)c2)N1c1ccccc1. The molecule has 2 heterocycles. The van der Waals surface area contributed by atoms with Crippen LogP contribution in [-0.2, 0) is 0 Å². The Bertz CT molecular complexity index is 2170. The lowest BCUT2D eigenvalue weighted by atomic mass is 9.98. The van der Waals surface area contributed by atoms with Crippen molar-refractivity contribution in [2.24, 2.45) is 0 Å². The highest BCUT2D eigenvalue weighted by atomic mass is 15.2. The summed E-state index contributed by atoms with van der Waals surface area (Å²) >= 11 is 0. The van der Waals surface area contributed by atoms with Gasteiger partial charge in [-0.1, -0.05) is 121 Å². The number of nitrogens with zero attached hydrogens (tertiary/aromatic N) is 2. The molecule has 0 fully saturated rings. The molecular formula is C42H32N2. The summed E-state index contributed by atoms with van der Waals surface area (Å²) < 4.78 is 2.40. The molecule has 1 aliphatic heterocycles. The fourth-order valence-corrected chi connectivity index (χ4v) is 6.61. The smallest absolute Gasteiger partial charge is 0.0547 e. The molecule has 0 amide bonds.